The largest absolute Gasteiger partial charge is 0.397 e. The normalized spacial score (nSPS) is 10.1. The van der Waals surface area contributed by atoms with E-state index < -0.39 is 0 Å². The minimum Gasteiger partial charge on any atom is -0.397 e. The lowest BCUT2D eigenvalue weighted by Gasteiger charge is -2.02. The number of nitrogens with two attached hydrogens (primary N) is 1. The van der Waals surface area contributed by atoms with Crippen LogP contribution in [0.1, 0.15) is 4.88 Å². The highest BCUT2D eigenvalue weighted by Gasteiger charge is 2.14. The number of thiophene rings is 1. The SMILES string of the molecule is N#Cc1sc(-c2c(F)cccc2Br)cc1N. The Morgan fingerprint density at radius 1 is 1.44 bits per heavy atom. The van der Waals surface area contributed by atoms with Gasteiger partial charge in [0.15, 0.2) is 0 Å². The molecular formula is C11H6BrFN2S. The number of halogens is 2. The predicted octanol–water partition coefficient (Wildman–Crippen LogP) is 3.77. The molecule has 1 aromatic heterocycles. The molecular weight excluding hydrogens is 291 g/mol. The zero-order chi connectivity index (χ0) is 11.7. The van der Waals surface area contributed by atoms with Crippen molar-refractivity contribution in [3.8, 4) is 16.5 Å². The summed E-state index contributed by atoms with van der Waals surface area (Å²) in [6, 6.07) is 8.34. The topological polar surface area (TPSA) is 49.8 Å². The number of hydrogen-bond donors (Lipinski definition) is 1. The summed E-state index contributed by atoms with van der Waals surface area (Å²) in [5, 5.41) is 8.79. The van der Waals surface area contributed by atoms with Crippen LogP contribution in [0.15, 0.2) is 28.7 Å². The third kappa shape index (κ3) is 1.82. The van der Waals surface area contributed by atoms with Crippen LogP contribution >= 0.6 is 27.3 Å². The first-order chi connectivity index (χ1) is 7.63. The Balaban J connectivity index is 2.64. The van der Waals surface area contributed by atoms with Crippen molar-refractivity contribution in [1.82, 2.24) is 0 Å². The second-order valence-electron chi connectivity index (χ2n) is 3.10. The first-order valence-electron chi connectivity index (χ1n) is 4.37. The van der Waals surface area contributed by atoms with Crippen LogP contribution in [0.3, 0.4) is 0 Å². The number of rotatable bonds is 1. The smallest absolute Gasteiger partial charge is 0.132 e. The summed E-state index contributed by atoms with van der Waals surface area (Å²) in [7, 11) is 0. The van der Waals surface area contributed by atoms with Gasteiger partial charge in [-0.3, -0.25) is 0 Å². The molecule has 0 saturated heterocycles. The molecule has 0 aliphatic heterocycles. The Morgan fingerprint density at radius 3 is 2.75 bits per heavy atom. The van der Waals surface area contributed by atoms with Gasteiger partial charge in [-0.15, -0.1) is 11.3 Å². The van der Waals surface area contributed by atoms with Gasteiger partial charge in [-0.1, -0.05) is 22.0 Å². The minimum atomic E-state index is -0.333. The quantitative estimate of drug-likeness (QED) is 0.871. The number of nitriles is 1. The Hall–Kier alpha value is -1.38. The molecule has 0 fully saturated rings. The van der Waals surface area contributed by atoms with Crippen LogP contribution in [0.2, 0.25) is 0 Å². The van der Waals surface area contributed by atoms with Crippen molar-refractivity contribution in [2.24, 2.45) is 0 Å². The summed E-state index contributed by atoms with van der Waals surface area (Å²) in [4.78, 5) is 1.06. The highest BCUT2D eigenvalue weighted by atomic mass is 79.9. The molecule has 2 aromatic rings. The van der Waals surface area contributed by atoms with E-state index in [4.69, 9.17) is 11.0 Å². The van der Waals surface area contributed by atoms with Crippen molar-refractivity contribution >= 4 is 33.0 Å². The molecule has 0 aliphatic rings. The van der Waals surface area contributed by atoms with E-state index in [-0.39, 0.29) is 5.82 Å². The highest BCUT2D eigenvalue weighted by Crippen LogP contribution is 2.38. The molecule has 80 valence electrons. The maximum Gasteiger partial charge on any atom is 0.132 e. The Bertz CT molecular complexity index is 566. The molecule has 0 unspecified atom stereocenters. The van der Waals surface area contributed by atoms with E-state index in [1.165, 1.54) is 17.4 Å². The molecule has 2 rings (SSSR count). The molecule has 0 aliphatic carbocycles. The lowest BCUT2D eigenvalue weighted by atomic mass is 10.2. The monoisotopic (exact) mass is 296 g/mol. The van der Waals surface area contributed by atoms with Crippen LogP contribution in [0.25, 0.3) is 10.4 Å². The van der Waals surface area contributed by atoms with Gasteiger partial charge in [-0.05, 0) is 18.2 Å². The predicted molar refractivity (Wildman–Crippen MR) is 66.5 cm³/mol. The van der Waals surface area contributed by atoms with E-state index >= 15 is 0 Å². The van der Waals surface area contributed by atoms with Crippen molar-refractivity contribution in [2.75, 3.05) is 5.73 Å². The zero-order valence-corrected chi connectivity index (χ0v) is 10.4. The van der Waals surface area contributed by atoms with Crippen LogP contribution in [0, 0.1) is 17.1 Å². The van der Waals surface area contributed by atoms with Crippen LogP contribution in [0.5, 0.6) is 0 Å². The van der Waals surface area contributed by atoms with E-state index in [1.54, 1.807) is 18.2 Å². The van der Waals surface area contributed by atoms with Gasteiger partial charge in [0.1, 0.15) is 16.8 Å². The summed E-state index contributed by atoms with van der Waals surface area (Å²) in [5.41, 5.74) is 6.47. The second-order valence-corrected chi connectivity index (χ2v) is 5.01. The number of nitrogens with zero attached hydrogens (tertiary/aromatic N) is 1. The van der Waals surface area contributed by atoms with Crippen LogP contribution in [0.4, 0.5) is 10.1 Å². The average Bonchev–Trinajstić information content (AvgIpc) is 2.59. The fraction of sp³-hybridized carbons (Fsp3) is 0. The molecule has 1 aromatic carbocycles. The van der Waals surface area contributed by atoms with Crippen molar-refractivity contribution in [3.05, 3.63) is 39.4 Å². The molecule has 2 N–H and O–H groups in total. The molecule has 5 heteroatoms. The van der Waals surface area contributed by atoms with Gasteiger partial charge < -0.3 is 5.73 Å². The fourth-order valence-corrected chi connectivity index (χ4v) is 2.97. The summed E-state index contributed by atoms with van der Waals surface area (Å²) < 4.78 is 14.3. The number of benzene rings is 1. The first kappa shape index (κ1) is 11.1. The lowest BCUT2D eigenvalue weighted by molar-refractivity contribution is 0.631. The van der Waals surface area contributed by atoms with E-state index in [0.717, 1.165) is 0 Å². The van der Waals surface area contributed by atoms with Crippen LogP contribution < -0.4 is 5.73 Å². The maximum absolute atomic E-state index is 13.6. The molecule has 2 nitrogen and oxygen atoms in total. The summed E-state index contributed by atoms with van der Waals surface area (Å²) in [5.74, 6) is -0.333. The van der Waals surface area contributed by atoms with Gasteiger partial charge in [-0.2, -0.15) is 5.26 Å². The van der Waals surface area contributed by atoms with Crippen molar-refractivity contribution in [3.63, 3.8) is 0 Å². The molecule has 0 atom stereocenters. The zero-order valence-electron chi connectivity index (χ0n) is 8.00. The number of nitrogen functional groups attached to an aromatic ring is 1. The first-order valence-corrected chi connectivity index (χ1v) is 5.98. The summed E-state index contributed by atoms with van der Waals surface area (Å²) in [6.45, 7) is 0. The third-order valence-electron chi connectivity index (χ3n) is 2.07. The van der Waals surface area contributed by atoms with Crippen LogP contribution in [-0.4, -0.2) is 0 Å². The number of anilines is 1. The molecule has 0 spiro atoms. The van der Waals surface area contributed by atoms with Crippen LogP contribution in [-0.2, 0) is 0 Å². The second kappa shape index (κ2) is 4.24. The molecule has 0 radical (unpaired) electrons. The molecule has 1 heterocycles. The number of hydrogen-bond acceptors (Lipinski definition) is 3. The molecule has 0 amide bonds. The molecule has 16 heavy (non-hydrogen) atoms. The Labute approximate surface area is 104 Å². The molecule has 0 bridgehead atoms. The van der Waals surface area contributed by atoms with Crippen molar-refractivity contribution in [2.45, 2.75) is 0 Å². The van der Waals surface area contributed by atoms with Gasteiger partial charge in [0.2, 0.25) is 0 Å². The van der Waals surface area contributed by atoms with E-state index in [1.807, 2.05) is 6.07 Å². The summed E-state index contributed by atoms with van der Waals surface area (Å²) >= 11 is 4.47. The highest BCUT2D eigenvalue weighted by molar-refractivity contribution is 9.10. The van der Waals surface area contributed by atoms with Crippen molar-refractivity contribution < 1.29 is 4.39 Å². The van der Waals surface area contributed by atoms with Crippen molar-refractivity contribution in [1.29, 1.82) is 5.26 Å². The third-order valence-corrected chi connectivity index (χ3v) is 3.81. The van der Waals surface area contributed by atoms with Gasteiger partial charge >= 0.3 is 0 Å². The average molecular weight is 297 g/mol. The standard InChI is InChI=1S/C11H6BrFN2S/c12-6-2-1-3-7(13)11(6)9-4-8(15)10(5-14)16-9/h1-4H,15H2. The Morgan fingerprint density at radius 2 is 2.19 bits per heavy atom. The van der Waals surface area contributed by atoms with Gasteiger partial charge in [0.25, 0.3) is 0 Å². The maximum atomic E-state index is 13.6. The Kier molecular flexibility index (Phi) is 2.95. The molecule has 0 saturated carbocycles. The van der Waals surface area contributed by atoms with E-state index in [9.17, 15) is 4.39 Å². The lowest BCUT2D eigenvalue weighted by Crippen LogP contribution is -1.83. The van der Waals surface area contributed by atoms with E-state index in [2.05, 4.69) is 15.9 Å². The minimum absolute atomic E-state index is 0.333. The van der Waals surface area contributed by atoms with E-state index in [0.29, 0.717) is 25.5 Å². The fourth-order valence-electron chi connectivity index (χ4n) is 1.35. The van der Waals surface area contributed by atoms with Gasteiger partial charge in [0.05, 0.1) is 5.69 Å². The van der Waals surface area contributed by atoms with Gasteiger partial charge in [0, 0.05) is 14.9 Å². The summed E-state index contributed by atoms with van der Waals surface area (Å²) in [6.07, 6.45) is 0. The van der Waals surface area contributed by atoms with Gasteiger partial charge in [-0.25, -0.2) is 4.39 Å².